The van der Waals surface area contributed by atoms with E-state index in [0.717, 1.165) is 12.1 Å². The molecule has 2 aromatic rings. The van der Waals surface area contributed by atoms with Crippen LogP contribution in [0.1, 0.15) is 27.9 Å². The molecular weight excluding hydrogens is 429 g/mol. The fourth-order valence-corrected chi connectivity index (χ4v) is 3.36. The van der Waals surface area contributed by atoms with Crippen LogP contribution in [0.4, 0.5) is 13.2 Å². The van der Waals surface area contributed by atoms with Gasteiger partial charge in [0.25, 0.3) is 5.91 Å². The van der Waals surface area contributed by atoms with Crippen molar-refractivity contribution in [2.75, 3.05) is 25.7 Å². The van der Waals surface area contributed by atoms with Crippen molar-refractivity contribution in [1.82, 2.24) is 10.6 Å². The molecule has 0 aliphatic carbocycles. The topological polar surface area (TPSA) is 67.4 Å². The first kappa shape index (κ1) is 24.6. The van der Waals surface area contributed by atoms with Gasteiger partial charge in [-0.1, -0.05) is 24.3 Å². The quantitative estimate of drug-likeness (QED) is 0.571. The average Bonchev–Trinajstić information content (AvgIpc) is 2.76. The molecule has 0 bridgehead atoms. The van der Waals surface area contributed by atoms with Gasteiger partial charge >= 0.3 is 6.18 Å². The van der Waals surface area contributed by atoms with Crippen LogP contribution in [0, 0.1) is 0 Å². The lowest BCUT2D eigenvalue weighted by atomic mass is 10.1. The van der Waals surface area contributed by atoms with E-state index in [2.05, 4.69) is 10.6 Å². The molecule has 2 N–H and O–H groups in total. The first-order valence-electron chi connectivity index (χ1n) is 9.63. The minimum atomic E-state index is -4.38. The normalized spacial score (nSPS) is 12.2. The van der Waals surface area contributed by atoms with Gasteiger partial charge in [0.15, 0.2) is 0 Å². The van der Waals surface area contributed by atoms with Crippen molar-refractivity contribution in [2.24, 2.45) is 0 Å². The van der Waals surface area contributed by atoms with Crippen molar-refractivity contribution >= 4 is 23.6 Å². The van der Waals surface area contributed by atoms with Gasteiger partial charge in [-0.25, -0.2) is 0 Å². The fraction of sp³-hybridized carbons (Fsp3) is 0.364. The average molecular weight is 455 g/mol. The molecule has 168 valence electrons. The molecule has 2 rings (SSSR count). The van der Waals surface area contributed by atoms with Crippen molar-refractivity contribution < 1.29 is 27.5 Å². The highest BCUT2D eigenvalue weighted by molar-refractivity contribution is 7.98. The van der Waals surface area contributed by atoms with Crippen LogP contribution in [-0.2, 0) is 17.4 Å². The van der Waals surface area contributed by atoms with Crippen molar-refractivity contribution in [3.63, 3.8) is 0 Å². The number of thioether (sulfide) groups is 1. The Morgan fingerprint density at radius 1 is 1.10 bits per heavy atom. The molecule has 1 atom stereocenters. The maximum Gasteiger partial charge on any atom is 0.416 e. The third-order valence-corrected chi connectivity index (χ3v) is 5.22. The molecule has 0 saturated carbocycles. The van der Waals surface area contributed by atoms with Gasteiger partial charge in [-0.15, -0.1) is 0 Å². The highest BCUT2D eigenvalue weighted by Crippen LogP contribution is 2.29. The molecular formula is C22H25F3N2O3S. The summed E-state index contributed by atoms with van der Waals surface area (Å²) in [5, 5.41) is 5.50. The Kier molecular flexibility index (Phi) is 9.23. The molecule has 0 saturated heterocycles. The molecule has 31 heavy (non-hydrogen) atoms. The summed E-state index contributed by atoms with van der Waals surface area (Å²) in [7, 11) is 1.46. The van der Waals surface area contributed by atoms with Gasteiger partial charge in [-0.3, -0.25) is 9.59 Å². The first-order valence-corrected chi connectivity index (χ1v) is 11.0. The number of carbonyl (C=O) groups is 2. The van der Waals surface area contributed by atoms with Gasteiger partial charge in [0, 0.05) is 6.54 Å². The van der Waals surface area contributed by atoms with Crippen LogP contribution in [0.2, 0.25) is 0 Å². The second kappa shape index (κ2) is 11.6. The van der Waals surface area contributed by atoms with Gasteiger partial charge in [-0.05, 0) is 54.7 Å². The highest BCUT2D eigenvalue weighted by Gasteiger charge is 2.30. The number of amides is 2. The maximum absolute atomic E-state index is 12.6. The van der Waals surface area contributed by atoms with Crippen LogP contribution in [-0.4, -0.2) is 43.5 Å². The Morgan fingerprint density at radius 3 is 2.39 bits per heavy atom. The van der Waals surface area contributed by atoms with E-state index in [1.54, 1.807) is 36.0 Å². The summed E-state index contributed by atoms with van der Waals surface area (Å²) in [6.45, 7) is 0.241. The number of para-hydroxylation sites is 1. The molecule has 0 spiro atoms. The number of benzene rings is 2. The Bertz CT molecular complexity index is 873. The molecule has 0 aliphatic heterocycles. The molecule has 9 heteroatoms. The van der Waals surface area contributed by atoms with Gasteiger partial charge in [0.2, 0.25) is 5.91 Å². The first-order chi connectivity index (χ1) is 14.8. The molecule has 0 aliphatic rings. The van der Waals surface area contributed by atoms with E-state index in [9.17, 15) is 22.8 Å². The zero-order valence-electron chi connectivity index (χ0n) is 17.3. The van der Waals surface area contributed by atoms with Crippen LogP contribution in [0.25, 0.3) is 0 Å². The van der Waals surface area contributed by atoms with E-state index < -0.39 is 23.7 Å². The number of ether oxygens (including phenoxy) is 1. The predicted molar refractivity (Wildman–Crippen MR) is 115 cm³/mol. The SMILES string of the molecule is COc1ccccc1C(=O)NC(CCSC)C(=O)NCCc1ccc(C(F)(F)F)cc1. The summed E-state index contributed by atoms with van der Waals surface area (Å²) in [4.78, 5) is 25.3. The lowest BCUT2D eigenvalue weighted by molar-refractivity contribution is -0.137. The van der Waals surface area contributed by atoms with Crippen molar-refractivity contribution in [1.29, 1.82) is 0 Å². The lowest BCUT2D eigenvalue weighted by Gasteiger charge is -2.19. The number of methoxy groups -OCH3 is 1. The second-order valence-electron chi connectivity index (χ2n) is 6.74. The number of alkyl halides is 3. The lowest BCUT2D eigenvalue weighted by Crippen LogP contribution is -2.47. The molecule has 2 amide bonds. The molecule has 0 radical (unpaired) electrons. The summed E-state index contributed by atoms with van der Waals surface area (Å²) < 4.78 is 43.1. The van der Waals surface area contributed by atoms with Crippen molar-refractivity contribution in [3.8, 4) is 5.75 Å². The zero-order valence-corrected chi connectivity index (χ0v) is 18.1. The van der Waals surface area contributed by atoms with E-state index in [-0.39, 0.29) is 12.5 Å². The zero-order chi connectivity index (χ0) is 22.9. The largest absolute Gasteiger partial charge is 0.496 e. The van der Waals surface area contributed by atoms with E-state index in [1.165, 1.54) is 19.2 Å². The van der Waals surface area contributed by atoms with E-state index in [4.69, 9.17) is 4.74 Å². The number of hydrogen-bond donors (Lipinski definition) is 2. The Labute approximate surface area is 183 Å². The van der Waals surface area contributed by atoms with Crippen LogP contribution >= 0.6 is 11.8 Å². The van der Waals surface area contributed by atoms with Gasteiger partial charge < -0.3 is 15.4 Å². The van der Waals surface area contributed by atoms with Crippen LogP contribution in [0.5, 0.6) is 5.75 Å². The summed E-state index contributed by atoms with van der Waals surface area (Å²) in [6.07, 6.45) is -1.66. The van der Waals surface area contributed by atoms with Gasteiger partial charge in [0.05, 0.1) is 18.2 Å². The van der Waals surface area contributed by atoms with Crippen molar-refractivity contribution in [3.05, 3.63) is 65.2 Å². The predicted octanol–water partition coefficient (Wildman–Crippen LogP) is 3.92. The van der Waals surface area contributed by atoms with E-state index in [1.807, 2.05) is 6.26 Å². The summed E-state index contributed by atoms with van der Waals surface area (Å²) in [6, 6.07) is 10.8. The molecule has 5 nitrogen and oxygen atoms in total. The minimum Gasteiger partial charge on any atom is -0.496 e. The number of rotatable bonds is 10. The number of halogens is 3. The number of nitrogens with one attached hydrogen (secondary N) is 2. The molecule has 0 fully saturated rings. The Hall–Kier alpha value is -2.68. The monoisotopic (exact) mass is 454 g/mol. The summed E-state index contributed by atoms with van der Waals surface area (Å²) in [5.41, 5.74) is 0.292. The summed E-state index contributed by atoms with van der Waals surface area (Å²) in [5.74, 6) is 0.320. The minimum absolute atomic E-state index is 0.241. The van der Waals surface area contributed by atoms with Crippen molar-refractivity contribution in [2.45, 2.75) is 25.1 Å². The number of carbonyl (C=O) groups excluding carboxylic acids is 2. The van der Waals surface area contributed by atoms with E-state index in [0.29, 0.717) is 35.5 Å². The van der Waals surface area contributed by atoms with Gasteiger partial charge in [-0.2, -0.15) is 24.9 Å². The fourth-order valence-electron chi connectivity index (χ4n) is 2.89. The molecule has 0 heterocycles. The number of hydrogen-bond acceptors (Lipinski definition) is 4. The standard InChI is InChI=1S/C22H25F3N2O3S/c1-30-19-6-4-3-5-17(19)20(28)27-18(12-14-31-2)21(29)26-13-11-15-7-9-16(10-8-15)22(23,24)25/h3-10,18H,11-14H2,1-2H3,(H,26,29)(H,27,28). The maximum atomic E-state index is 12.6. The van der Waals surface area contributed by atoms with E-state index >= 15 is 0 Å². The van der Waals surface area contributed by atoms with Crippen LogP contribution in [0.15, 0.2) is 48.5 Å². The van der Waals surface area contributed by atoms with Crippen LogP contribution < -0.4 is 15.4 Å². The smallest absolute Gasteiger partial charge is 0.416 e. The van der Waals surface area contributed by atoms with Gasteiger partial charge in [0.1, 0.15) is 11.8 Å². The molecule has 1 unspecified atom stereocenters. The highest BCUT2D eigenvalue weighted by atomic mass is 32.2. The van der Waals surface area contributed by atoms with Crippen LogP contribution in [0.3, 0.4) is 0 Å². The molecule has 2 aromatic carbocycles. The Balaban J connectivity index is 1.95. The third kappa shape index (κ3) is 7.50. The second-order valence-corrected chi connectivity index (χ2v) is 7.73. The Morgan fingerprint density at radius 2 is 1.77 bits per heavy atom. The molecule has 0 aromatic heterocycles. The summed E-state index contributed by atoms with van der Waals surface area (Å²) >= 11 is 1.55. The third-order valence-electron chi connectivity index (χ3n) is 4.58.